The maximum atomic E-state index is 12.2. The minimum absolute atomic E-state index is 0.0552. The molecule has 0 saturated heterocycles. The number of nitrogens with zero attached hydrogens (tertiary/aromatic N) is 1. The summed E-state index contributed by atoms with van der Waals surface area (Å²) in [6.07, 6.45) is 0.296. The quantitative estimate of drug-likeness (QED) is 0.922. The summed E-state index contributed by atoms with van der Waals surface area (Å²) in [7, 11) is 1.68. The number of carbonyl (C=O) groups excluding carboxylic acids is 1. The number of benzene rings is 2. The SMILES string of the molecule is CN(C(=O)Cc1ccc(Br)cc1)c1ccc(C(=O)O)cc1. The molecule has 0 spiro atoms. The number of hydrogen-bond donors (Lipinski definition) is 1. The second-order valence-electron chi connectivity index (χ2n) is 4.61. The molecule has 0 atom stereocenters. The maximum absolute atomic E-state index is 12.2. The van der Waals surface area contributed by atoms with Gasteiger partial charge in [-0.25, -0.2) is 4.79 Å². The van der Waals surface area contributed by atoms with Crippen molar-refractivity contribution in [3.8, 4) is 0 Å². The second-order valence-corrected chi connectivity index (χ2v) is 5.52. The number of rotatable bonds is 4. The Hall–Kier alpha value is -2.14. The molecule has 0 heterocycles. The molecule has 0 fully saturated rings. The van der Waals surface area contributed by atoms with Crippen LogP contribution in [0, 0.1) is 0 Å². The summed E-state index contributed by atoms with van der Waals surface area (Å²) in [6, 6.07) is 13.8. The third kappa shape index (κ3) is 3.92. The lowest BCUT2D eigenvalue weighted by molar-refractivity contribution is -0.117. The van der Waals surface area contributed by atoms with E-state index in [-0.39, 0.29) is 11.5 Å². The van der Waals surface area contributed by atoms with E-state index in [9.17, 15) is 9.59 Å². The van der Waals surface area contributed by atoms with Crippen molar-refractivity contribution in [1.82, 2.24) is 0 Å². The van der Waals surface area contributed by atoms with Crippen molar-refractivity contribution in [1.29, 1.82) is 0 Å². The summed E-state index contributed by atoms with van der Waals surface area (Å²) in [4.78, 5) is 24.5. The fraction of sp³-hybridized carbons (Fsp3) is 0.125. The lowest BCUT2D eigenvalue weighted by atomic mass is 10.1. The van der Waals surface area contributed by atoms with Gasteiger partial charge in [0.15, 0.2) is 0 Å². The fourth-order valence-electron chi connectivity index (χ4n) is 1.87. The summed E-state index contributed by atoms with van der Waals surface area (Å²) < 4.78 is 0.969. The van der Waals surface area contributed by atoms with Crippen LogP contribution in [0.3, 0.4) is 0 Å². The molecule has 2 aromatic rings. The first-order chi connectivity index (χ1) is 9.97. The Morgan fingerprint density at radius 2 is 1.62 bits per heavy atom. The van der Waals surface area contributed by atoms with Crippen LogP contribution in [0.15, 0.2) is 53.0 Å². The number of aromatic carboxylic acids is 1. The zero-order chi connectivity index (χ0) is 15.4. The van der Waals surface area contributed by atoms with Gasteiger partial charge in [0.1, 0.15) is 0 Å². The third-order valence-corrected chi connectivity index (χ3v) is 3.67. The van der Waals surface area contributed by atoms with Crippen molar-refractivity contribution >= 4 is 33.5 Å². The lowest BCUT2D eigenvalue weighted by Gasteiger charge is -2.17. The minimum Gasteiger partial charge on any atom is -0.478 e. The van der Waals surface area contributed by atoms with Gasteiger partial charge in [0, 0.05) is 17.2 Å². The molecule has 0 aliphatic heterocycles. The second kappa shape index (κ2) is 6.54. The Morgan fingerprint density at radius 1 is 1.05 bits per heavy atom. The van der Waals surface area contributed by atoms with Crippen molar-refractivity contribution in [2.24, 2.45) is 0 Å². The van der Waals surface area contributed by atoms with Gasteiger partial charge in [0.05, 0.1) is 12.0 Å². The minimum atomic E-state index is -0.981. The molecule has 0 saturated carbocycles. The monoisotopic (exact) mass is 347 g/mol. The van der Waals surface area contributed by atoms with Gasteiger partial charge in [-0.2, -0.15) is 0 Å². The van der Waals surface area contributed by atoms with Gasteiger partial charge in [0.2, 0.25) is 5.91 Å². The molecule has 4 nitrogen and oxygen atoms in total. The average Bonchev–Trinajstić information content (AvgIpc) is 2.49. The highest BCUT2D eigenvalue weighted by Crippen LogP contribution is 2.16. The van der Waals surface area contributed by atoms with Crippen LogP contribution in [-0.4, -0.2) is 24.0 Å². The molecule has 108 valence electrons. The van der Waals surface area contributed by atoms with Crippen LogP contribution in [0.1, 0.15) is 15.9 Å². The van der Waals surface area contributed by atoms with Crippen molar-refractivity contribution < 1.29 is 14.7 Å². The molecule has 2 rings (SSSR count). The highest BCUT2D eigenvalue weighted by molar-refractivity contribution is 9.10. The van der Waals surface area contributed by atoms with E-state index in [0.717, 1.165) is 10.0 Å². The molecule has 1 amide bonds. The smallest absolute Gasteiger partial charge is 0.335 e. The summed E-state index contributed by atoms with van der Waals surface area (Å²) in [5.41, 5.74) is 1.80. The Labute approximate surface area is 131 Å². The Morgan fingerprint density at radius 3 is 2.14 bits per heavy atom. The van der Waals surface area contributed by atoms with E-state index in [1.54, 1.807) is 19.2 Å². The summed E-state index contributed by atoms with van der Waals surface area (Å²) in [6.45, 7) is 0. The van der Waals surface area contributed by atoms with Gasteiger partial charge in [-0.1, -0.05) is 28.1 Å². The molecule has 5 heteroatoms. The number of hydrogen-bond acceptors (Lipinski definition) is 2. The molecule has 0 aliphatic rings. The molecule has 0 radical (unpaired) electrons. The van der Waals surface area contributed by atoms with Crippen molar-refractivity contribution in [2.75, 3.05) is 11.9 Å². The Kier molecular flexibility index (Phi) is 4.75. The van der Waals surface area contributed by atoms with Gasteiger partial charge in [0.25, 0.3) is 0 Å². The van der Waals surface area contributed by atoms with Gasteiger partial charge in [-0.15, -0.1) is 0 Å². The zero-order valence-corrected chi connectivity index (χ0v) is 13.0. The number of carbonyl (C=O) groups is 2. The van der Waals surface area contributed by atoms with Crippen LogP contribution in [0.25, 0.3) is 0 Å². The van der Waals surface area contributed by atoms with Crippen molar-refractivity contribution in [3.63, 3.8) is 0 Å². The van der Waals surface area contributed by atoms with Crippen LogP contribution in [-0.2, 0) is 11.2 Å². The molecule has 21 heavy (non-hydrogen) atoms. The van der Waals surface area contributed by atoms with Crippen LogP contribution in [0.2, 0.25) is 0 Å². The molecule has 0 aromatic heterocycles. The van der Waals surface area contributed by atoms with Crippen LogP contribution >= 0.6 is 15.9 Å². The van der Waals surface area contributed by atoms with Gasteiger partial charge >= 0.3 is 5.97 Å². The standard InChI is InChI=1S/C16H14BrNO3/c1-18(14-8-4-12(5-9-14)16(20)21)15(19)10-11-2-6-13(17)7-3-11/h2-9H,10H2,1H3,(H,20,21). The topological polar surface area (TPSA) is 57.6 Å². The lowest BCUT2D eigenvalue weighted by Crippen LogP contribution is -2.27. The van der Waals surface area contributed by atoms with Crippen molar-refractivity contribution in [3.05, 3.63) is 64.1 Å². The predicted molar refractivity (Wildman–Crippen MR) is 84.7 cm³/mol. The third-order valence-electron chi connectivity index (χ3n) is 3.14. The Bertz CT molecular complexity index is 650. The first kappa shape index (κ1) is 15.3. The molecular weight excluding hydrogens is 334 g/mol. The fourth-order valence-corrected chi connectivity index (χ4v) is 2.13. The summed E-state index contributed by atoms with van der Waals surface area (Å²) >= 11 is 3.35. The predicted octanol–water partition coefficient (Wildman–Crippen LogP) is 3.35. The number of amides is 1. The molecule has 0 unspecified atom stereocenters. The van der Waals surface area contributed by atoms with E-state index >= 15 is 0 Å². The van der Waals surface area contributed by atoms with E-state index < -0.39 is 5.97 Å². The molecule has 1 N–H and O–H groups in total. The van der Waals surface area contributed by atoms with E-state index in [0.29, 0.717) is 12.1 Å². The van der Waals surface area contributed by atoms with E-state index in [1.807, 2.05) is 24.3 Å². The summed E-state index contributed by atoms with van der Waals surface area (Å²) in [5.74, 6) is -1.04. The van der Waals surface area contributed by atoms with Crippen LogP contribution in [0.4, 0.5) is 5.69 Å². The number of anilines is 1. The van der Waals surface area contributed by atoms with E-state index in [1.165, 1.54) is 17.0 Å². The van der Waals surface area contributed by atoms with E-state index in [2.05, 4.69) is 15.9 Å². The molecular formula is C16H14BrNO3. The normalized spacial score (nSPS) is 10.2. The number of likely N-dealkylation sites (N-methyl/N-ethyl adjacent to an activating group) is 1. The Balaban J connectivity index is 2.08. The van der Waals surface area contributed by atoms with Gasteiger partial charge in [-0.3, -0.25) is 4.79 Å². The number of carboxylic acid groups (broad SMARTS) is 1. The van der Waals surface area contributed by atoms with Crippen LogP contribution in [0.5, 0.6) is 0 Å². The molecule has 0 bridgehead atoms. The molecule has 2 aromatic carbocycles. The summed E-state index contributed by atoms with van der Waals surface area (Å²) in [5, 5.41) is 8.86. The average molecular weight is 348 g/mol. The number of carboxylic acids is 1. The molecule has 0 aliphatic carbocycles. The van der Waals surface area contributed by atoms with E-state index in [4.69, 9.17) is 5.11 Å². The maximum Gasteiger partial charge on any atom is 0.335 e. The highest BCUT2D eigenvalue weighted by atomic mass is 79.9. The van der Waals surface area contributed by atoms with Crippen LogP contribution < -0.4 is 4.90 Å². The highest BCUT2D eigenvalue weighted by Gasteiger charge is 2.12. The van der Waals surface area contributed by atoms with Gasteiger partial charge in [-0.05, 0) is 42.0 Å². The first-order valence-corrected chi connectivity index (χ1v) is 7.11. The largest absolute Gasteiger partial charge is 0.478 e. The first-order valence-electron chi connectivity index (χ1n) is 6.32. The van der Waals surface area contributed by atoms with Gasteiger partial charge < -0.3 is 10.0 Å². The van der Waals surface area contributed by atoms with Crippen molar-refractivity contribution in [2.45, 2.75) is 6.42 Å². The number of halogens is 1. The zero-order valence-electron chi connectivity index (χ0n) is 11.4.